The average Bonchev–Trinajstić information content (AvgIpc) is 3.05. The van der Waals surface area contributed by atoms with Gasteiger partial charge in [0, 0.05) is 38.5 Å². The highest BCUT2D eigenvalue weighted by molar-refractivity contribution is 5.79. The molecule has 4 rings (SSSR count). The quantitative estimate of drug-likeness (QED) is 0.799. The number of hydrogen-bond donors (Lipinski definition) is 1. The minimum atomic E-state index is -0.126. The number of hydrogen-bond acceptors (Lipinski definition) is 5. The van der Waals surface area contributed by atoms with Crippen LogP contribution in [0.1, 0.15) is 54.1 Å². The maximum absolute atomic E-state index is 12.8. The highest BCUT2D eigenvalue weighted by Gasteiger charge is 2.27. The second-order valence-corrected chi connectivity index (χ2v) is 9.39. The van der Waals surface area contributed by atoms with Gasteiger partial charge in [-0.05, 0) is 64.9 Å². The second-order valence-electron chi connectivity index (χ2n) is 9.39. The van der Waals surface area contributed by atoms with Crippen LogP contribution < -0.4 is 5.32 Å². The van der Waals surface area contributed by atoms with Crippen molar-refractivity contribution in [2.24, 2.45) is 5.92 Å². The summed E-state index contributed by atoms with van der Waals surface area (Å²) in [6, 6.07) is 6.56. The highest BCUT2D eigenvalue weighted by Crippen LogP contribution is 2.21. The summed E-state index contributed by atoms with van der Waals surface area (Å²) in [5.74, 6) is 2.17. The molecule has 2 aliphatic rings. The fourth-order valence-corrected chi connectivity index (χ4v) is 4.75. The molecule has 0 bridgehead atoms. The standard InChI is InChI=1S/C24H36N6O/c1-17-5-6-18(2)21(15-17)16-29-12-9-22-26-27-23(30(22)14-13-29)19(3)25-24(31)20-7-10-28(4)11-8-20/h5-6,15,19-20H,7-14,16H2,1-4H3,(H,25,31)/t19-/m1/s1. The van der Waals surface area contributed by atoms with Crippen molar-refractivity contribution in [1.82, 2.24) is 29.9 Å². The molecule has 0 aliphatic carbocycles. The summed E-state index contributed by atoms with van der Waals surface area (Å²) in [5.41, 5.74) is 4.06. The van der Waals surface area contributed by atoms with E-state index in [9.17, 15) is 4.79 Å². The first-order chi connectivity index (χ1) is 14.9. The van der Waals surface area contributed by atoms with E-state index in [1.807, 2.05) is 6.92 Å². The fourth-order valence-electron chi connectivity index (χ4n) is 4.75. The monoisotopic (exact) mass is 424 g/mol. The topological polar surface area (TPSA) is 66.3 Å². The molecular formula is C24H36N6O. The van der Waals surface area contributed by atoms with Crippen LogP contribution in [0, 0.1) is 19.8 Å². The minimum Gasteiger partial charge on any atom is -0.346 e. The third-order valence-electron chi connectivity index (χ3n) is 6.88. The molecule has 31 heavy (non-hydrogen) atoms. The summed E-state index contributed by atoms with van der Waals surface area (Å²) in [7, 11) is 2.12. The van der Waals surface area contributed by atoms with E-state index in [2.05, 4.69) is 69.0 Å². The first-order valence-corrected chi connectivity index (χ1v) is 11.6. The van der Waals surface area contributed by atoms with E-state index in [4.69, 9.17) is 0 Å². The highest BCUT2D eigenvalue weighted by atomic mass is 16.2. The second kappa shape index (κ2) is 9.49. The average molecular weight is 425 g/mol. The lowest BCUT2D eigenvalue weighted by atomic mass is 9.96. The summed E-state index contributed by atoms with van der Waals surface area (Å²) in [5, 5.41) is 12.1. The van der Waals surface area contributed by atoms with Gasteiger partial charge in [0.05, 0.1) is 6.04 Å². The van der Waals surface area contributed by atoms with Crippen LogP contribution >= 0.6 is 0 Å². The van der Waals surface area contributed by atoms with E-state index in [1.165, 1.54) is 16.7 Å². The summed E-state index contributed by atoms with van der Waals surface area (Å²) in [4.78, 5) is 17.6. The van der Waals surface area contributed by atoms with Crippen molar-refractivity contribution in [2.75, 3.05) is 33.2 Å². The van der Waals surface area contributed by atoms with Gasteiger partial charge in [-0.25, -0.2) is 0 Å². The number of amides is 1. The van der Waals surface area contributed by atoms with E-state index in [1.54, 1.807) is 0 Å². The van der Waals surface area contributed by atoms with E-state index in [0.29, 0.717) is 0 Å². The summed E-state index contributed by atoms with van der Waals surface area (Å²) < 4.78 is 2.22. The Balaban J connectivity index is 1.38. The number of piperidine rings is 1. The molecule has 1 atom stereocenters. The van der Waals surface area contributed by atoms with Crippen LogP contribution in [0.5, 0.6) is 0 Å². The molecule has 1 N–H and O–H groups in total. The molecule has 1 saturated heterocycles. The van der Waals surface area contributed by atoms with Crippen LogP contribution in [-0.4, -0.2) is 63.7 Å². The van der Waals surface area contributed by atoms with Gasteiger partial charge in [0.2, 0.25) is 5.91 Å². The number of fused-ring (bicyclic) bond motifs is 1. The fraction of sp³-hybridized carbons (Fsp3) is 0.625. The summed E-state index contributed by atoms with van der Waals surface area (Å²) in [6.07, 6.45) is 2.74. The normalized spacial score (nSPS) is 19.6. The van der Waals surface area contributed by atoms with Crippen molar-refractivity contribution in [3.8, 4) is 0 Å². The van der Waals surface area contributed by atoms with Gasteiger partial charge in [0.1, 0.15) is 5.82 Å². The molecule has 0 saturated carbocycles. The van der Waals surface area contributed by atoms with Crippen molar-refractivity contribution in [1.29, 1.82) is 0 Å². The van der Waals surface area contributed by atoms with Crippen LogP contribution in [-0.2, 0) is 24.3 Å². The first-order valence-electron chi connectivity index (χ1n) is 11.6. The van der Waals surface area contributed by atoms with Gasteiger partial charge in [0.15, 0.2) is 5.82 Å². The van der Waals surface area contributed by atoms with Crippen molar-refractivity contribution in [2.45, 2.75) is 59.2 Å². The Labute approximate surface area is 185 Å². The summed E-state index contributed by atoms with van der Waals surface area (Å²) >= 11 is 0. The predicted octanol–water partition coefficient (Wildman–Crippen LogP) is 2.47. The Bertz CT molecular complexity index is 915. The van der Waals surface area contributed by atoms with Crippen molar-refractivity contribution >= 4 is 5.91 Å². The zero-order valence-electron chi connectivity index (χ0n) is 19.4. The number of aryl methyl sites for hydroxylation is 2. The van der Waals surface area contributed by atoms with Gasteiger partial charge in [0.25, 0.3) is 0 Å². The maximum atomic E-state index is 12.8. The molecule has 1 amide bonds. The molecule has 2 aliphatic heterocycles. The van der Waals surface area contributed by atoms with Crippen LogP contribution in [0.3, 0.4) is 0 Å². The van der Waals surface area contributed by atoms with Gasteiger partial charge in [-0.3, -0.25) is 9.69 Å². The molecule has 7 heteroatoms. The van der Waals surface area contributed by atoms with Crippen molar-refractivity contribution in [3.63, 3.8) is 0 Å². The van der Waals surface area contributed by atoms with Crippen LogP contribution in [0.15, 0.2) is 18.2 Å². The number of likely N-dealkylation sites (tertiary alicyclic amines) is 1. The maximum Gasteiger partial charge on any atom is 0.223 e. The van der Waals surface area contributed by atoms with E-state index < -0.39 is 0 Å². The molecule has 2 aromatic rings. The molecule has 0 spiro atoms. The Morgan fingerprint density at radius 1 is 1.13 bits per heavy atom. The number of rotatable bonds is 5. The van der Waals surface area contributed by atoms with Gasteiger partial charge < -0.3 is 14.8 Å². The van der Waals surface area contributed by atoms with E-state index >= 15 is 0 Å². The lowest BCUT2D eigenvalue weighted by Gasteiger charge is -2.29. The Kier molecular flexibility index (Phi) is 6.72. The zero-order valence-corrected chi connectivity index (χ0v) is 19.4. The predicted molar refractivity (Wildman–Crippen MR) is 122 cm³/mol. The van der Waals surface area contributed by atoms with Gasteiger partial charge in [-0.2, -0.15) is 0 Å². The van der Waals surface area contributed by atoms with Crippen molar-refractivity contribution in [3.05, 3.63) is 46.5 Å². The molecule has 1 fully saturated rings. The lowest BCUT2D eigenvalue weighted by Crippen LogP contribution is -2.40. The van der Waals surface area contributed by atoms with Gasteiger partial charge in [-0.15, -0.1) is 10.2 Å². The molecule has 0 unspecified atom stereocenters. The van der Waals surface area contributed by atoms with Crippen LogP contribution in [0.2, 0.25) is 0 Å². The minimum absolute atomic E-state index is 0.109. The first kappa shape index (κ1) is 22.0. The number of nitrogens with one attached hydrogen (secondary N) is 1. The largest absolute Gasteiger partial charge is 0.346 e. The molecule has 1 aromatic heterocycles. The summed E-state index contributed by atoms with van der Waals surface area (Å²) in [6.45, 7) is 12.1. The van der Waals surface area contributed by atoms with Crippen molar-refractivity contribution < 1.29 is 4.79 Å². The molecule has 3 heterocycles. The number of aromatic nitrogens is 3. The third kappa shape index (κ3) is 5.15. The number of benzene rings is 1. The smallest absolute Gasteiger partial charge is 0.223 e. The van der Waals surface area contributed by atoms with Gasteiger partial charge >= 0.3 is 0 Å². The number of nitrogens with zero attached hydrogens (tertiary/aromatic N) is 5. The number of carbonyl (C=O) groups is 1. The Morgan fingerprint density at radius 2 is 1.90 bits per heavy atom. The molecule has 7 nitrogen and oxygen atoms in total. The zero-order chi connectivity index (χ0) is 22.0. The molecule has 168 valence electrons. The lowest BCUT2D eigenvalue weighted by molar-refractivity contribution is -0.127. The Morgan fingerprint density at radius 3 is 2.68 bits per heavy atom. The number of carbonyl (C=O) groups excluding carboxylic acids is 1. The van der Waals surface area contributed by atoms with Gasteiger partial charge in [-0.1, -0.05) is 23.8 Å². The molecule has 1 aromatic carbocycles. The van der Waals surface area contributed by atoms with E-state index in [0.717, 1.165) is 70.2 Å². The Hall–Kier alpha value is -2.25. The molecule has 0 radical (unpaired) electrons. The van der Waals surface area contributed by atoms with E-state index in [-0.39, 0.29) is 17.9 Å². The molecular weight excluding hydrogens is 388 g/mol. The third-order valence-corrected chi connectivity index (χ3v) is 6.88. The van der Waals surface area contributed by atoms with Crippen LogP contribution in [0.4, 0.5) is 0 Å². The van der Waals surface area contributed by atoms with Crippen LogP contribution in [0.25, 0.3) is 0 Å². The SMILES string of the molecule is Cc1ccc(C)c(CN2CCc3nnc([C@@H](C)NC(=O)C4CCN(C)CC4)n3CC2)c1.